The Hall–Kier alpha value is -2.03. The lowest BCUT2D eigenvalue weighted by Gasteiger charge is -2.23. The van der Waals surface area contributed by atoms with Crippen LogP contribution in [-0.2, 0) is 19.0 Å². The van der Waals surface area contributed by atoms with Crippen molar-refractivity contribution >= 4 is 18.2 Å². The third-order valence-electron chi connectivity index (χ3n) is 2.77. The summed E-state index contributed by atoms with van der Waals surface area (Å²) in [4.78, 5) is 36.5. The number of nitrogens with one attached hydrogen (secondary N) is 2. The van der Waals surface area contributed by atoms with Crippen molar-refractivity contribution in [3.63, 3.8) is 0 Å². The van der Waals surface area contributed by atoms with Crippen LogP contribution in [0.3, 0.4) is 0 Å². The molecule has 0 atom stereocenters. The van der Waals surface area contributed by atoms with Crippen molar-refractivity contribution in [3.8, 4) is 0 Å². The molecule has 2 amide bonds. The third kappa shape index (κ3) is 14.3. The first-order valence-electron chi connectivity index (χ1n) is 8.55. The van der Waals surface area contributed by atoms with Crippen molar-refractivity contribution in [3.05, 3.63) is 0 Å². The van der Waals surface area contributed by atoms with Gasteiger partial charge in [-0.3, -0.25) is 9.69 Å². The Labute approximate surface area is 155 Å². The van der Waals surface area contributed by atoms with Gasteiger partial charge in [-0.15, -0.1) is 0 Å². The normalized spacial score (nSPS) is 11.7. The third-order valence-corrected chi connectivity index (χ3v) is 2.77. The highest BCUT2D eigenvalue weighted by molar-refractivity contribution is 5.71. The molecule has 9 nitrogen and oxygen atoms in total. The van der Waals surface area contributed by atoms with Crippen LogP contribution in [0.5, 0.6) is 0 Å². The largest absolute Gasteiger partial charge is 0.468 e. The predicted molar refractivity (Wildman–Crippen MR) is 96.9 cm³/mol. The Balaban J connectivity index is 4.34. The molecule has 9 heteroatoms. The standard InChI is InChI=1S/C17H33N3O6/c1-16(2,3)25-14(22)18-8-10-20(12-13(21)24-7)11-9-19-15(23)26-17(4,5)6/h8-12H2,1-7H3,(H,18,22)(H,19,23). The maximum absolute atomic E-state index is 11.6. The molecule has 2 N–H and O–H groups in total. The van der Waals surface area contributed by atoms with Crippen molar-refractivity contribution in [2.75, 3.05) is 39.8 Å². The Bertz CT molecular complexity index is 434. The molecular weight excluding hydrogens is 342 g/mol. The lowest BCUT2D eigenvalue weighted by atomic mass is 10.2. The van der Waals surface area contributed by atoms with Crippen LogP contribution in [0.1, 0.15) is 41.5 Å². The Morgan fingerprint density at radius 3 is 1.50 bits per heavy atom. The summed E-state index contributed by atoms with van der Waals surface area (Å²) in [5, 5.41) is 5.25. The van der Waals surface area contributed by atoms with Gasteiger partial charge in [0.25, 0.3) is 0 Å². The molecule has 0 saturated carbocycles. The second-order valence-corrected chi connectivity index (χ2v) is 7.71. The van der Waals surface area contributed by atoms with E-state index in [1.165, 1.54) is 7.11 Å². The zero-order valence-corrected chi connectivity index (χ0v) is 16.9. The number of carbonyl (C=O) groups excluding carboxylic acids is 3. The number of amides is 2. The van der Waals surface area contributed by atoms with Crippen molar-refractivity contribution in [1.29, 1.82) is 0 Å². The monoisotopic (exact) mass is 375 g/mol. The summed E-state index contributed by atoms with van der Waals surface area (Å²) in [5.74, 6) is -0.403. The van der Waals surface area contributed by atoms with E-state index in [9.17, 15) is 14.4 Å². The summed E-state index contributed by atoms with van der Waals surface area (Å²) >= 11 is 0. The molecule has 0 radical (unpaired) electrons. The number of carbonyl (C=O) groups is 3. The van der Waals surface area contributed by atoms with Crippen molar-refractivity contribution in [2.45, 2.75) is 52.7 Å². The van der Waals surface area contributed by atoms with Gasteiger partial charge in [0.1, 0.15) is 11.2 Å². The summed E-state index contributed by atoms with van der Waals surface area (Å²) in [5.41, 5.74) is -1.15. The van der Waals surface area contributed by atoms with Gasteiger partial charge >= 0.3 is 18.2 Å². The van der Waals surface area contributed by atoms with E-state index in [-0.39, 0.29) is 6.54 Å². The minimum absolute atomic E-state index is 0.0441. The Morgan fingerprint density at radius 1 is 0.808 bits per heavy atom. The molecule has 0 aliphatic heterocycles. The highest BCUT2D eigenvalue weighted by Crippen LogP contribution is 2.07. The van der Waals surface area contributed by atoms with Gasteiger partial charge in [-0.2, -0.15) is 0 Å². The summed E-state index contributed by atoms with van der Waals surface area (Å²) < 4.78 is 15.0. The van der Waals surface area contributed by atoms with E-state index in [2.05, 4.69) is 15.4 Å². The number of nitrogens with zero attached hydrogens (tertiary/aromatic N) is 1. The minimum Gasteiger partial charge on any atom is -0.468 e. The number of hydrogen-bond donors (Lipinski definition) is 2. The first kappa shape index (κ1) is 24.0. The zero-order chi connectivity index (χ0) is 20.4. The molecule has 0 aromatic carbocycles. The van der Waals surface area contributed by atoms with Crippen molar-refractivity contribution in [2.24, 2.45) is 0 Å². The molecular formula is C17H33N3O6. The molecule has 0 unspecified atom stereocenters. The second-order valence-electron chi connectivity index (χ2n) is 7.71. The number of ether oxygens (including phenoxy) is 3. The van der Waals surface area contributed by atoms with Crippen LogP contribution in [-0.4, -0.2) is 74.1 Å². The Kier molecular flexibility index (Phi) is 10.0. The van der Waals surface area contributed by atoms with Crippen LogP contribution in [0.4, 0.5) is 9.59 Å². The maximum Gasteiger partial charge on any atom is 0.407 e. The average Bonchev–Trinajstić information content (AvgIpc) is 2.42. The smallest absolute Gasteiger partial charge is 0.407 e. The molecule has 0 bridgehead atoms. The van der Waals surface area contributed by atoms with E-state index >= 15 is 0 Å². The molecule has 0 rings (SSSR count). The van der Waals surface area contributed by atoms with E-state index in [4.69, 9.17) is 9.47 Å². The fraction of sp³-hybridized carbons (Fsp3) is 0.824. The molecule has 0 heterocycles. The maximum atomic E-state index is 11.6. The summed E-state index contributed by atoms with van der Waals surface area (Å²) in [6.07, 6.45) is -1.05. The quantitative estimate of drug-likeness (QED) is 0.489. The molecule has 0 aromatic heterocycles. The van der Waals surface area contributed by atoms with E-state index in [0.717, 1.165) is 0 Å². The molecule has 26 heavy (non-hydrogen) atoms. The van der Waals surface area contributed by atoms with Crippen molar-refractivity contribution < 1.29 is 28.6 Å². The van der Waals surface area contributed by atoms with Crippen LogP contribution in [0.15, 0.2) is 0 Å². The lowest BCUT2D eigenvalue weighted by Crippen LogP contribution is -2.43. The average molecular weight is 375 g/mol. The topological polar surface area (TPSA) is 106 Å². The highest BCUT2D eigenvalue weighted by atomic mass is 16.6. The highest BCUT2D eigenvalue weighted by Gasteiger charge is 2.18. The molecule has 0 aliphatic rings. The number of rotatable bonds is 8. The van der Waals surface area contributed by atoms with Gasteiger partial charge in [-0.05, 0) is 41.5 Å². The van der Waals surface area contributed by atoms with E-state index < -0.39 is 29.4 Å². The summed E-state index contributed by atoms with van der Waals surface area (Å²) in [6, 6.07) is 0. The number of hydrogen-bond acceptors (Lipinski definition) is 7. The summed E-state index contributed by atoms with van der Waals surface area (Å²) in [6.45, 7) is 12.1. The number of esters is 1. The van der Waals surface area contributed by atoms with Gasteiger partial charge in [0, 0.05) is 26.2 Å². The van der Waals surface area contributed by atoms with E-state index in [1.807, 2.05) is 0 Å². The van der Waals surface area contributed by atoms with Gasteiger partial charge in [-0.1, -0.05) is 0 Å². The summed E-state index contributed by atoms with van der Waals surface area (Å²) in [7, 11) is 1.30. The first-order chi connectivity index (χ1) is 11.8. The van der Waals surface area contributed by atoms with Crippen LogP contribution in [0.2, 0.25) is 0 Å². The second kappa shape index (κ2) is 10.8. The van der Waals surface area contributed by atoms with Gasteiger partial charge in [0.05, 0.1) is 13.7 Å². The van der Waals surface area contributed by atoms with Gasteiger partial charge in [0.15, 0.2) is 0 Å². The van der Waals surface area contributed by atoms with Crippen LogP contribution in [0, 0.1) is 0 Å². The zero-order valence-electron chi connectivity index (χ0n) is 16.9. The minimum atomic E-state index is -0.576. The van der Waals surface area contributed by atoms with Crippen LogP contribution < -0.4 is 10.6 Å². The van der Waals surface area contributed by atoms with Crippen LogP contribution >= 0.6 is 0 Å². The lowest BCUT2D eigenvalue weighted by molar-refractivity contribution is -0.141. The molecule has 0 fully saturated rings. The SMILES string of the molecule is COC(=O)CN(CCNC(=O)OC(C)(C)C)CCNC(=O)OC(C)(C)C. The van der Waals surface area contributed by atoms with Gasteiger partial charge < -0.3 is 24.8 Å². The molecule has 0 spiro atoms. The number of alkyl carbamates (subject to hydrolysis) is 2. The fourth-order valence-corrected chi connectivity index (χ4v) is 1.78. The first-order valence-corrected chi connectivity index (χ1v) is 8.55. The number of methoxy groups -OCH3 is 1. The van der Waals surface area contributed by atoms with Gasteiger partial charge in [0.2, 0.25) is 0 Å². The van der Waals surface area contributed by atoms with Gasteiger partial charge in [-0.25, -0.2) is 9.59 Å². The van der Waals surface area contributed by atoms with Crippen molar-refractivity contribution in [1.82, 2.24) is 15.5 Å². The molecule has 0 saturated heterocycles. The van der Waals surface area contributed by atoms with Crippen LogP contribution in [0.25, 0.3) is 0 Å². The predicted octanol–water partition coefficient (Wildman–Crippen LogP) is 1.51. The molecule has 152 valence electrons. The van der Waals surface area contributed by atoms with E-state index in [1.54, 1.807) is 46.4 Å². The molecule has 0 aliphatic carbocycles. The van der Waals surface area contributed by atoms with E-state index in [0.29, 0.717) is 26.2 Å². The fourth-order valence-electron chi connectivity index (χ4n) is 1.78. The molecule has 0 aromatic rings. The Morgan fingerprint density at radius 2 is 1.19 bits per heavy atom.